The molecule has 1 aromatic heterocycles. The van der Waals surface area contributed by atoms with Gasteiger partial charge in [0.2, 0.25) is 0 Å². The number of carbonyl (C=O) groups excluding carboxylic acids is 2. The predicted octanol–water partition coefficient (Wildman–Crippen LogP) is 2.94. The molecule has 0 aliphatic rings. The molecule has 1 amide bonds. The van der Waals surface area contributed by atoms with E-state index in [-0.39, 0.29) is 11.7 Å². The highest BCUT2D eigenvalue weighted by Gasteiger charge is 2.12. The molecule has 1 aromatic carbocycles. The van der Waals surface area contributed by atoms with E-state index < -0.39 is 0 Å². The molecule has 2 aromatic rings. The van der Waals surface area contributed by atoms with Crippen LogP contribution in [0, 0.1) is 0 Å². The third-order valence-corrected chi connectivity index (χ3v) is 4.28. The molecule has 1 heterocycles. The van der Waals surface area contributed by atoms with Gasteiger partial charge in [-0.1, -0.05) is 12.1 Å². The van der Waals surface area contributed by atoms with E-state index in [1.54, 1.807) is 30.3 Å². The molecule has 24 heavy (non-hydrogen) atoms. The van der Waals surface area contributed by atoms with Gasteiger partial charge in [-0.15, -0.1) is 11.3 Å². The van der Waals surface area contributed by atoms with E-state index >= 15 is 0 Å². The van der Waals surface area contributed by atoms with Crippen LogP contribution in [-0.2, 0) is 6.54 Å². The van der Waals surface area contributed by atoms with Crippen molar-refractivity contribution in [3.05, 3.63) is 64.0 Å². The van der Waals surface area contributed by atoms with Gasteiger partial charge in [-0.25, -0.2) is 0 Å². The second kappa shape index (κ2) is 8.31. The second-order valence-electron chi connectivity index (χ2n) is 5.34. The number of nitrogens with zero attached hydrogens (tertiary/aromatic N) is 1. The molecule has 0 aliphatic heterocycles. The minimum Gasteiger partial charge on any atom is -0.497 e. The number of carbonyl (C=O) groups is 2. The van der Waals surface area contributed by atoms with E-state index in [1.807, 2.05) is 38.4 Å². The van der Waals surface area contributed by atoms with E-state index in [0.29, 0.717) is 16.3 Å². The van der Waals surface area contributed by atoms with Crippen LogP contribution in [0.4, 0.5) is 0 Å². The minimum atomic E-state index is -0.196. The standard InChI is InChI=1S/C18H20N2O3S/c1-20(2)10-9-15(21)16-7-8-17(24-16)18(22)19-12-13-5-4-6-14(11-13)23-3/h4-11H,12H2,1-3H3,(H,19,22). The Labute approximate surface area is 145 Å². The van der Waals surface area contributed by atoms with Gasteiger partial charge >= 0.3 is 0 Å². The van der Waals surface area contributed by atoms with Crippen molar-refractivity contribution >= 4 is 23.0 Å². The number of rotatable bonds is 7. The van der Waals surface area contributed by atoms with Gasteiger partial charge in [-0.05, 0) is 29.8 Å². The Balaban J connectivity index is 1.97. The van der Waals surface area contributed by atoms with Gasteiger partial charge in [0, 0.05) is 32.9 Å². The van der Waals surface area contributed by atoms with Crippen molar-refractivity contribution in [3.63, 3.8) is 0 Å². The van der Waals surface area contributed by atoms with Crippen molar-refractivity contribution in [3.8, 4) is 5.75 Å². The number of ketones is 1. The average molecular weight is 344 g/mol. The van der Waals surface area contributed by atoms with Crippen molar-refractivity contribution in [2.24, 2.45) is 0 Å². The molecule has 5 nitrogen and oxygen atoms in total. The molecule has 0 spiro atoms. The molecule has 1 N–H and O–H groups in total. The number of thiophene rings is 1. The summed E-state index contributed by atoms with van der Waals surface area (Å²) in [5, 5.41) is 2.85. The molecular weight excluding hydrogens is 324 g/mol. The van der Waals surface area contributed by atoms with E-state index in [9.17, 15) is 9.59 Å². The first kappa shape index (κ1) is 17.7. The number of nitrogens with one attached hydrogen (secondary N) is 1. The average Bonchev–Trinajstić information content (AvgIpc) is 3.08. The number of hydrogen-bond acceptors (Lipinski definition) is 5. The maximum atomic E-state index is 12.2. The Morgan fingerprint density at radius 2 is 1.96 bits per heavy atom. The highest BCUT2D eigenvalue weighted by atomic mass is 32.1. The highest BCUT2D eigenvalue weighted by molar-refractivity contribution is 7.16. The van der Waals surface area contributed by atoms with Crippen molar-refractivity contribution in [1.29, 1.82) is 0 Å². The lowest BCUT2D eigenvalue weighted by molar-refractivity contribution is 0.0954. The second-order valence-corrected chi connectivity index (χ2v) is 6.43. The van der Waals surface area contributed by atoms with Crippen LogP contribution in [0.1, 0.15) is 24.9 Å². The zero-order chi connectivity index (χ0) is 17.5. The maximum Gasteiger partial charge on any atom is 0.261 e. The lowest BCUT2D eigenvalue weighted by atomic mass is 10.2. The summed E-state index contributed by atoms with van der Waals surface area (Å²) in [5.41, 5.74) is 0.949. The summed E-state index contributed by atoms with van der Waals surface area (Å²) in [4.78, 5) is 27.0. The van der Waals surface area contributed by atoms with Crippen LogP contribution in [0.3, 0.4) is 0 Å². The molecule has 2 rings (SSSR count). The third-order valence-electron chi connectivity index (χ3n) is 3.18. The molecule has 0 aliphatic carbocycles. The fraction of sp³-hybridized carbons (Fsp3) is 0.222. The lowest BCUT2D eigenvalue weighted by Crippen LogP contribution is -2.21. The Hall–Kier alpha value is -2.60. The van der Waals surface area contributed by atoms with Crippen LogP contribution in [0.5, 0.6) is 5.75 Å². The fourth-order valence-electron chi connectivity index (χ4n) is 1.94. The fourth-order valence-corrected chi connectivity index (χ4v) is 2.79. The summed E-state index contributed by atoms with van der Waals surface area (Å²) in [7, 11) is 5.29. The molecule has 126 valence electrons. The molecule has 0 saturated heterocycles. The zero-order valence-corrected chi connectivity index (χ0v) is 14.7. The lowest BCUT2D eigenvalue weighted by Gasteiger charge is -2.05. The van der Waals surface area contributed by atoms with Gasteiger partial charge in [0.1, 0.15) is 5.75 Å². The largest absolute Gasteiger partial charge is 0.497 e. The number of ether oxygens (including phenoxy) is 1. The number of benzene rings is 1. The van der Waals surface area contributed by atoms with Gasteiger partial charge in [-0.2, -0.15) is 0 Å². The van der Waals surface area contributed by atoms with Crippen molar-refractivity contribution < 1.29 is 14.3 Å². The van der Waals surface area contributed by atoms with Crippen LogP contribution in [0.2, 0.25) is 0 Å². The molecule has 0 fully saturated rings. The number of hydrogen-bond donors (Lipinski definition) is 1. The normalized spacial score (nSPS) is 10.6. The summed E-state index contributed by atoms with van der Waals surface area (Å²) in [5.74, 6) is 0.442. The van der Waals surface area contributed by atoms with E-state index in [1.165, 1.54) is 17.4 Å². The van der Waals surface area contributed by atoms with Crippen LogP contribution < -0.4 is 10.1 Å². The third kappa shape index (κ3) is 4.96. The Kier molecular flexibility index (Phi) is 6.14. The first-order valence-corrected chi connectivity index (χ1v) is 8.21. The smallest absolute Gasteiger partial charge is 0.261 e. The molecule has 0 radical (unpaired) electrons. The SMILES string of the molecule is COc1cccc(CNC(=O)c2ccc(C(=O)C=CN(C)C)s2)c1. The van der Waals surface area contributed by atoms with Gasteiger partial charge in [-0.3, -0.25) is 9.59 Å². The molecule has 0 atom stereocenters. The summed E-state index contributed by atoms with van der Waals surface area (Å²) >= 11 is 1.19. The van der Waals surface area contributed by atoms with Crippen LogP contribution >= 0.6 is 11.3 Å². The van der Waals surface area contributed by atoms with Gasteiger partial charge in [0.25, 0.3) is 5.91 Å². The van der Waals surface area contributed by atoms with Crippen LogP contribution in [0.25, 0.3) is 0 Å². The number of allylic oxidation sites excluding steroid dienone is 1. The van der Waals surface area contributed by atoms with E-state index in [0.717, 1.165) is 11.3 Å². The van der Waals surface area contributed by atoms with Crippen LogP contribution in [0.15, 0.2) is 48.7 Å². The molecular formula is C18H20N2O3S. The first-order valence-electron chi connectivity index (χ1n) is 7.39. The molecule has 0 bridgehead atoms. The molecule has 6 heteroatoms. The monoisotopic (exact) mass is 344 g/mol. The number of methoxy groups -OCH3 is 1. The maximum absolute atomic E-state index is 12.2. The molecule has 0 saturated carbocycles. The Morgan fingerprint density at radius 1 is 1.21 bits per heavy atom. The summed E-state index contributed by atoms with van der Waals surface area (Å²) in [6, 6.07) is 10.9. The van der Waals surface area contributed by atoms with Crippen LogP contribution in [-0.4, -0.2) is 37.8 Å². The van der Waals surface area contributed by atoms with Crippen molar-refractivity contribution in [1.82, 2.24) is 10.2 Å². The first-order chi connectivity index (χ1) is 11.5. The topological polar surface area (TPSA) is 58.6 Å². The van der Waals surface area contributed by atoms with E-state index in [4.69, 9.17) is 4.74 Å². The van der Waals surface area contributed by atoms with Gasteiger partial charge in [0.15, 0.2) is 5.78 Å². The van der Waals surface area contributed by atoms with Gasteiger partial charge in [0.05, 0.1) is 16.9 Å². The highest BCUT2D eigenvalue weighted by Crippen LogP contribution is 2.18. The van der Waals surface area contributed by atoms with Crippen molar-refractivity contribution in [2.75, 3.05) is 21.2 Å². The van der Waals surface area contributed by atoms with E-state index in [2.05, 4.69) is 5.32 Å². The molecule has 0 unspecified atom stereocenters. The zero-order valence-electron chi connectivity index (χ0n) is 13.9. The quantitative estimate of drug-likeness (QED) is 0.620. The van der Waals surface area contributed by atoms with Crippen molar-refractivity contribution in [2.45, 2.75) is 6.54 Å². The predicted molar refractivity (Wildman–Crippen MR) is 95.6 cm³/mol. The van der Waals surface area contributed by atoms with Gasteiger partial charge < -0.3 is 15.0 Å². The summed E-state index contributed by atoms with van der Waals surface area (Å²) in [6.07, 6.45) is 3.17. The number of amides is 1. The Morgan fingerprint density at radius 3 is 2.67 bits per heavy atom. The summed E-state index contributed by atoms with van der Waals surface area (Å²) in [6.45, 7) is 0.401. The summed E-state index contributed by atoms with van der Waals surface area (Å²) < 4.78 is 5.16. The minimum absolute atomic E-state index is 0.111. The Bertz CT molecular complexity index is 750.